The van der Waals surface area contributed by atoms with Crippen LogP contribution in [0.25, 0.3) is 0 Å². The number of pyridine rings is 1. The van der Waals surface area contributed by atoms with Gasteiger partial charge in [-0.3, -0.25) is 9.78 Å². The van der Waals surface area contributed by atoms with Gasteiger partial charge in [0, 0.05) is 56.8 Å². The van der Waals surface area contributed by atoms with Gasteiger partial charge in [0.25, 0.3) is 0 Å². The van der Waals surface area contributed by atoms with Gasteiger partial charge in [-0.15, -0.1) is 0 Å². The number of halogens is 3. The molecule has 0 bridgehead atoms. The lowest BCUT2D eigenvalue weighted by Crippen LogP contribution is -2.57. The molecule has 0 saturated carbocycles. The van der Waals surface area contributed by atoms with Crippen LogP contribution in [0.4, 0.5) is 18.9 Å². The number of amides is 1. The number of nitriles is 1. The Morgan fingerprint density at radius 3 is 2.59 bits per heavy atom. The third-order valence-electron chi connectivity index (χ3n) is 7.52. The first-order valence-electron chi connectivity index (χ1n) is 13.6. The van der Waals surface area contributed by atoms with Crippen molar-refractivity contribution in [2.45, 2.75) is 43.6 Å². The topological polar surface area (TPSA) is 93.5 Å². The molecule has 1 aromatic carbocycles. The molecule has 1 amide bonds. The van der Waals surface area contributed by atoms with Gasteiger partial charge >= 0.3 is 6.18 Å². The third kappa shape index (κ3) is 6.72. The minimum atomic E-state index is -4.53. The molecule has 1 atom stereocenters. The van der Waals surface area contributed by atoms with Gasteiger partial charge in [0.2, 0.25) is 5.91 Å². The van der Waals surface area contributed by atoms with E-state index >= 15 is 0 Å². The number of anilines is 1. The lowest BCUT2D eigenvalue weighted by atomic mass is 9.78. The van der Waals surface area contributed by atoms with Crippen molar-refractivity contribution < 1.29 is 22.7 Å². The molecule has 2 aromatic rings. The van der Waals surface area contributed by atoms with Gasteiger partial charge in [0.1, 0.15) is 6.07 Å². The minimum Gasteiger partial charge on any atom is -0.370 e. The van der Waals surface area contributed by atoms with Crippen molar-refractivity contribution in [2.75, 3.05) is 45.2 Å². The van der Waals surface area contributed by atoms with Crippen LogP contribution in [-0.2, 0) is 21.4 Å². The van der Waals surface area contributed by atoms with Crippen molar-refractivity contribution in [1.82, 2.24) is 20.5 Å². The summed E-state index contributed by atoms with van der Waals surface area (Å²) < 4.78 is 45.8. The van der Waals surface area contributed by atoms with Gasteiger partial charge < -0.3 is 25.2 Å². The average Bonchev–Trinajstić information content (AvgIpc) is 2.96. The Balaban J connectivity index is 1.60. The Kier molecular flexibility index (Phi) is 9.05. The Hall–Kier alpha value is -3.88. The average molecular weight is 569 g/mol. The number of hydrogen-bond donors (Lipinski definition) is 2. The van der Waals surface area contributed by atoms with E-state index in [2.05, 4.69) is 15.6 Å². The standard InChI is InChI=1S/C30H35F3N6O2/c1-4-41-29(25-6-5-14-35-20-25)11-9-24(21-36-29)28(37-27(40)10-15-38(2)3)12-16-39(17-13-28)26-8-7-23(30(31,32)33)18-22(26)19-34/h5-9,11,14,18,20-21,36H,4,10,12-13,15-17H2,1-3H3,(H,37,40). The van der Waals surface area contributed by atoms with E-state index in [1.807, 2.05) is 67.4 Å². The molecule has 0 spiro atoms. The van der Waals surface area contributed by atoms with Crippen LogP contribution in [0.3, 0.4) is 0 Å². The Morgan fingerprint density at radius 1 is 1.27 bits per heavy atom. The minimum absolute atomic E-state index is 0.0289. The fourth-order valence-corrected chi connectivity index (χ4v) is 5.30. The number of piperidine rings is 1. The maximum Gasteiger partial charge on any atom is 0.416 e. The van der Waals surface area contributed by atoms with Crippen molar-refractivity contribution in [1.29, 1.82) is 5.26 Å². The number of benzene rings is 1. The molecule has 218 valence electrons. The van der Waals surface area contributed by atoms with Crippen LogP contribution in [0.5, 0.6) is 0 Å². The van der Waals surface area contributed by atoms with Crippen LogP contribution in [0.15, 0.2) is 66.7 Å². The molecule has 0 aliphatic carbocycles. The van der Waals surface area contributed by atoms with Crippen molar-refractivity contribution in [2.24, 2.45) is 0 Å². The normalized spacial score (nSPS) is 20.2. The van der Waals surface area contributed by atoms with Crippen LogP contribution in [0.1, 0.15) is 42.9 Å². The number of nitrogens with zero attached hydrogens (tertiary/aromatic N) is 4. The Labute approximate surface area is 238 Å². The molecule has 1 aromatic heterocycles. The highest BCUT2D eigenvalue weighted by Crippen LogP contribution is 2.38. The van der Waals surface area contributed by atoms with E-state index < -0.39 is 23.0 Å². The molecule has 3 heterocycles. The van der Waals surface area contributed by atoms with Crippen molar-refractivity contribution in [3.8, 4) is 6.07 Å². The number of carbonyl (C=O) groups excluding carboxylic acids is 1. The molecule has 1 unspecified atom stereocenters. The smallest absolute Gasteiger partial charge is 0.370 e. The summed E-state index contributed by atoms with van der Waals surface area (Å²) in [6, 6.07) is 8.93. The number of dihydropyridines is 1. The molecule has 1 saturated heterocycles. The van der Waals surface area contributed by atoms with Crippen LogP contribution < -0.4 is 15.5 Å². The summed E-state index contributed by atoms with van der Waals surface area (Å²) in [4.78, 5) is 21.2. The fraction of sp³-hybridized carbons (Fsp3) is 0.433. The summed E-state index contributed by atoms with van der Waals surface area (Å²) >= 11 is 0. The molecule has 2 N–H and O–H groups in total. The summed E-state index contributed by atoms with van der Waals surface area (Å²) in [6.45, 7) is 3.81. The van der Waals surface area contributed by atoms with E-state index in [1.165, 1.54) is 6.07 Å². The van der Waals surface area contributed by atoms with E-state index in [-0.39, 0.29) is 11.5 Å². The lowest BCUT2D eigenvalue weighted by Gasteiger charge is -2.46. The van der Waals surface area contributed by atoms with Crippen LogP contribution in [0, 0.1) is 11.3 Å². The largest absolute Gasteiger partial charge is 0.416 e. The second kappa shape index (κ2) is 12.3. The van der Waals surface area contributed by atoms with Crippen molar-refractivity contribution >= 4 is 11.6 Å². The molecule has 8 nitrogen and oxygen atoms in total. The number of hydrogen-bond acceptors (Lipinski definition) is 7. The maximum absolute atomic E-state index is 13.2. The molecular formula is C30H35F3N6O2. The summed E-state index contributed by atoms with van der Waals surface area (Å²) in [6.07, 6.45) is 5.93. The Morgan fingerprint density at radius 2 is 2.02 bits per heavy atom. The SMILES string of the molecule is CCOC1(c2cccnc2)C=CC(C2(NC(=O)CCN(C)C)CCN(c3ccc(C(F)(F)F)cc3C#N)CC2)=CN1. The highest BCUT2D eigenvalue weighted by atomic mass is 19.4. The van der Waals surface area contributed by atoms with E-state index in [9.17, 15) is 23.2 Å². The molecule has 2 aliphatic rings. The predicted molar refractivity (Wildman–Crippen MR) is 150 cm³/mol. The second-order valence-electron chi connectivity index (χ2n) is 10.5. The van der Waals surface area contributed by atoms with E-state index in [1.54, 1.807) is 12.4 Å². The number of aromatic nitrogens is 1. The monoisotopic (exact) mass is 568 g/mol. The molecular weight excluding hydrogens is 533 g/mol. The zero-order valence-corrected chi connectivity index (χ0v) is 23.5. The third-order valence-corrected chi connectivity index (χ3v) is 7.52. The molecule has 1 fully saturated rings. The van der Waals surface area contributed by atoms with Gasteiger partial charge in [-0.1, -0.05) is 12.1 Å². The van der Waals surface area contributed by atoms with Gasteiger partial charge in [-0.05, 0) is 69.8 Å². The highest BCUT2D eigenvalue weighted by molar-refractivity contribution is 5.78. The quantitative estimate of drug-likeness (QED) is 0.466. The van der Waals surface area contributed by atoms with Gasteiger partial charge in [0.15, 0.2) is 5.72 Å². The van der Waals surface area contributed by atoms with Crippen molar-refractivity contribution in [3.05, 3.63) is 83.3 Å². The lowest BCUT2D eigenvalue weighted by molar-refractivity contribution is -0.137. The maximum atomic E-state index is 13.2. The molecule has 0 radical (unpaired) electrons. The number of rotatable bonds is 9. The highest BCUT2D eigenvalue weighted by Gasteiger charge is 2.42. The van der Waals surface area contributed by atoms with Crippen LogP contribution in [-0.4, -0.2) is 61.7 Å². The van der Waals surface area contributed by atoms with Crippen LogP contribution >= 0.6 is 0 Å². The van der Waals surface area contributed by atoms with Gasteiger partial charge in [-0.2, -0.15) is 18.4 Å². The predicted octanol–water partition coefficient (Wildman–Crippen LogP) is 4.31. The van der Waals surface area contributed by atoms with E-state index in [0.717, 1.165) is 23.3 Å². The fourth-order valence-electron chi connectivity index (χ4n) is 5.30. The van der Waals surface area contributed by atoms with Gasteiger partial charge in [0.05, 0.1) is 22.4 Å². The molecule has 4 rings (SSSR count). The zero-order valence-electron chi connectivity index (χ0n) is 23.5. The summed E-state index contributed by atoms with van der Waals surface area (Å²) in [5.41, 5.74) is -0.376. The summed E-state index contributed by atoms with van der Waals surface area (Å²) in [5, 5.41) is 16.3. The van der Waals surface area contributed by atoms with Gasteiger partial charge in [-0.25, -0.2) is 0 Å². The Bertz CT molecular complexity index is 1330. The number of nitrogens with one attached hydrogen (secondary N) is 2. The zero-order chi connectivity index (χ0) is 29.7. The first kappa shape index (κ1) is 30.1. The molecule has 2 aliphatic heterocycles. The summed E-state index contributed by atoms with van der Waals surface area (Å²) in [5.74, 6) is -0.0948. The van der Waals surface area contributed by atoms with Crippen LogP contribution in [0.2, 0.25) is 0 Å². The number of alkyl halides is 3. The van der Waals surface area contributed by atoms with E-state index in [4.69, 9.17) is 4.74 Å². The second-order valence-corrected chi connectivity index (χ2v) is 10.5. The number of carbonyl (C=O) groups is 1. The summed E-state index contributed by atoms with van der Waals surface area (Å²) in [7, 11) is 3.81. The first-order valence-corrected chi connectivity index (χ1v) is 13.6. The molecule has 41 heavy (non-hydrogen) atoms. The first-order chi connectivity index (χ1) is 19.5. The number of ether oxygens (including phenoxy) is 1. The van der Waals surface area contributed by atoms with E-state index in [0.29, 0.717) is 51.2 Å². The molecule has 11 heteroatoms. The van der Waals surface area contributed by atoms with Crippen molar-refractivity contribution in [3.63, 3.8) is 0 Å².